The van der Waals surface area contributed by atoms with Crippen molar-refractivity contribution in [1.82, 2.24) is 9.97 Å². The largest absolute Gasteiger partial charge is 0.492 e. The minimum Gasteiger partial charge on any atom is -0.492 e. The van der Waals surface area contributed by atoms with Gasteiger partial charge in [-0.2, -0.15) is 0 Å². The van der Waals surface area contributed by atoms with Crippen molar-refractivity contribution in [2.75, 3.05) is 17.2 Å². The van der Waals surface area contributed by atoms with E-state index in [1.165, 1.54) is 6.20 Å². The fourth-order valence-electron chi connectivity index (χ4n) is 2.19. The number of rotatable bonds is 7. The van der Waals surface area contributed by atoms with Crippen LogP contribution < -0.4 is 15.4 Å². The van der Waals surface area contributed by atoms with Crippen LogP contribution in [0.15, 0.2) is 59.3 Å². The average molecular weight is 338 g/mol. The Balaban J connectivity index is 1.69. The molecule has 0 radical (unpaired) electrons. The predicted molar refractivity (Wildman–Crippen MR) is 93.6 cm³/mol. The Labute approximate surface area is 145 Å². The summed E-state index contributed by atoms with van der Waals surface area (Å²) < 4.78 is 10.7. The van der Waals surface area contributed by atoms with Crippen molar-refractivity contribution >= 4 is 17.5 Å². The van der Waals surface area contributed by atoms with Gasteiger partial charge in [0.05, 0.1) is 25.1 Å². The topological polar surface area (TPSA) is 89.3 Å². The molecule has 0 atom stereocenters. The van der Waals surface area contributed by atoms with Crippen LogP contribution in [-0.4, -0.2) is 22.5 Å². The highest BCUT2D eigenvalue weighted by atomic mass is 16.5. The summed E-state index contributed by atoms with van der Waals surface area (Å²) in [6, 6.07) is 12.5. The Bertz CT molecular complexity index is 834. The van der Waals surface area contributed by atoms with Gasteiger partial charge in [0.15, 0.2) is 0 Å². The number of ether oxygens (including phenoxy) is 1. The molecule has 0 aliphatic rings. The lowest BCUT2D eigenvalue weighted by molar-refractivity contribution is 0.102. The molecular formula is C18H18N4O3. The third-order valence-electron chi connectivity index (χ3n) is 3.32. The zero-order valence-corrected chi connectivity index (χ0v) is 13.7. The van der Waals surface area contributed by atoms with E-state index in [0.29, 0.717) is 30.5 Å². The van der Waals surface area contributed by atoms with Crippen LogP contribution in [0, 0.1) is 0 Å². The van der Waals surface area contributed by atoms with E-state index in [0.717, 1.165) is 5.76 Å². The van der Waals surface area contributed by atoms with E-state index < -0.39 is 0 Å². The first kappa shape index (κ1) is 16.5. The van der Waals surface area contributed by atoms with Crippen LogP contribution in [0.2, 0.25) is 0 Å². The number of benzene rings is 1. The van der Waals surface area contributed by atoms with E-state index in [1.807, 2.05) is 25.1 Å². The molecule has 2 heterocycles. The van der Waals surface area contributed by atoms with Crippen LogP contribution in [0.5, 0.6) is 5.75 Å². The zero-order chi connectivity index (χ0) is 17.5. The van der Waals surface area contributed by atoms with Crippen LogP contribution in [0.25, 0.3) is 0 Å². The van der Waals surface area contributed by atoms with Gasteiger partial charge in [0.1, 0.15) is 17.2 Å². The summed E-state index contributed by atoms with van der Waals surface area (Å²) >= 11 is 0. The SMILES string of the molecule is CCOc1ccccc1NC(=O)c1ccnc(NCc2ccco2)n1. The Kier molecular flexibility index (Phi) is 5.26. The van der Waals surface area contributed by atoms with E-state index in [9.17, 15) is 4.79 Å². The number of aromatic nitrogens is 2. The molecule has 0 aliphatic carbocycles. The Morgan fingerprint density at radius 2 is 2.08 bits per heavy atom. The minimum absolute atomic E-state index is 0.253. The lowest BCUT2D eigenvalue weighted by Gasteiger charge is -2.11. The summed E-state index contributed by atoms with van der Waals surface area (Å²) in [5, 5.41) is 5.83. The summed E-state index contributed by atoms with van der Waals surface area (Å²) in [5.74, 6) is 1.38. The maximum Gasteiger partial charge on any atom is 0.274 e. The number of para-hydroxylation sites is 2. The molecule has 7 heteroatoms. The van der Waals surface area contributed by atoms with E-state index in [1.54, 1.807) is 30.5 Å². The van der Waals surface area contributed by atoms with Gasteiger partial charge in [0.25, 0.3) is 5.91 Å². The third kappa shape index (κ3) is 4.35. The van der Waals surface area contributed by atoms with Crippen molar-refractivity contribution < 1.29 is 13.9 Å². The van der Waals surface area contributed by atoms with Crippen LogP contribution in [0.4, 0.5) is 11.6 Å². The van der Waals surface area contributed by atoms with Gasteiger partial charge in [-0.25, -0.2) is 9.97 Å². The van der Waals surface area contributed by atoms with Crippen LogP contribution in [-0.2, 0) is 6.54 Å². The first-order valence-corrected chi connectivity index (χ1v) is 7.88. The van der Waals surface area contributed by atoms with Crippen molar-refractivity contribution in [3.8, 4) is 5.75 Å². The van der Waals surface area contributed by atoms with Gasteiger partial charge in [0.2, 0.25) is 5.95 Å². The standard InChI is InChI=1S/C18H18N4O3/c1-2-24-16-8-4-3-7-14(16)21-17(23)15-9-10-19-18(22-15)20-12-13-6-5-11-25-13/h3-11H,2,12H2,1H3,(H,21,23)(H,19,20,22). The highest BCUT2D eigenvalue weighted by Gasteiger charge is 2.12. The molecule has 2 N–H and O–H groups in total. The van der Waals surface area contributed by atoms with Crippen LogP contribution >= 0.6 is 0 Å². The molecule has 7 nitrogen and oxygen atoms in total. The number of carbonyl (C=O) groups excluding carboxylic acids is 1. The average Bonchev–Trinajstić information content (AvgIpc) is 3.16. The van der Waals surface area contributed by atoms with Crippen molar-refractivity contribution in [3.05, 3.63) is 66.4 Å². The van der Waals surface area contributed by atoms with Crippen molar-refractivity contribution in [2.45, 2.75) is 13.5 Å². The van der Waals surface area contributed by atoms with Gasteiger partial charge in [-0.05, 0) is 37.3 Å². The van der Waals surface area contributed by atoms with Gasteiger partial charge in [-0.1, -0.05) is 12.1 Å². The van der Waals surface area contributed by atoms with Crippen molar-refractivity contribution in [1.29, 1.82) is 0 Å². The fraction of sp³-hybridized carbons (Fsp3) is 0.167. The summed E-state index contributed by atoms with van der Waals surface area (Å²) in [6.07, 6.45) is 3.12. The van der Waals surface area contributed by atoms with E-state index in [4.69, 9.17) is 9.15 Å². The van der Waals surface area contributed by atoms with Gasteiger partial charge in [-0.3, -0.25) is 4.79 Å². The summed E-state index contributed by atoms with van der Waals surface area (Å²) in [4.78, 5) is 20.8. The number of hydrogen-bond donors (Lipinski definition) is 2. The lowest BCUT2D eigenvalue weighted by atomic mass is 10.2. The molecule has 0 unspecified atom stereocenters. The first-order valence-electron chi connectivity index (χ1n) is 7.88. The highest BCUT2D eigenvalue weighted by molar-refractivity contribution is 6.03. The molecule has 0 spiro atoms. The maximum atomic E-state index is 12.5. The molecule has 0 bridgehead atoms. The predicted octanol–water partition coefficient (Wildman–Crippen LogP) is 3.33. The molecule has 128 valence electrons. The first-order chi connectivity index (χ1) is 12.3. The Hall–Kier alpha value is -3.35. The van der Waals surface area contributed by atoms with Gasteiger partial charge >= 0.3 is 0 Å². The number of nitrogens with zero attached hydrogens (tertiary/aromatic N) is 2. The second kappa shape index (κ2) is 7.96. The number of hydrogen-bond acceptors (Lipinski definition) is 6. The Morgan fingerprint density at radius 3 is 2.88 bits per heavy atom. The zero-order valence-electron chi connectivity index (χ0n) is 13.7. The molecule has 1 amide bonds. The summed E-state index contributed by atoms with van der Waals surface area (Å²) in [5.41, 5.74) is 0.848. The molecule has 1 aromatic carbocycles. The van der Waals surface area contributed by atoms with Crippen LogP contribution in [0.1, 0.15) is 23.2 Å². The molecule has 3 aromatic rings. The Morgan fingerprint density at radius 1 is 1.20 bits per heavy atom. The van der Waals surface area contributed by atoms with E-state index in [-0.39, 0.29) is 11.6 Å². The van der Waals surface area contributed by atoms with Crippen LogP contribution in [0.3, 0.4) is 0 Å². The monoisotopic (exact) mass is 338 g/mol. The number of anilines is 2. The molecule has 0 aliphatic heterocycles. The molecule has 0 fully saturated rings. The van der Waals surface area contributed by atoms with Gasteiger partial charge in [0, 0.05) is 6.20 Å². The molecule has 0 saturated carbocycles. The lowest BCUT2D eigenvalue weighted by Crippen LogP contribution is -2.16. The smallest absolute Gasteiger partial charge is 0.274 e. The number of nitrogens with one attached hydrogen (secondary N) is 2. The van der Waals surface area contributed by atoms with Gasteiger partial charge in [-0.15, -0.1) is 0 Å². The second-order valence-corrected chi connectivity index (χ2v) is 5.08. The molecule has 2 aromatic heterocycles. The van der Waals surface area contributed by atoms with E-state index in [2.05, 4.69) is 20.6 Å². The van der Waals surface area contributed by atoms with Crippen molar-refractivity contribution in [3.63, 3.8) is 0 Å². The number of carbonyl (C=O) groups is 1. The quantitative estimate of drug-likeness (QED) is 0.687. The third-order valence-corrected chi connectivity index (χ3v) is 3.32. The highest BCUT2D eigenvalue weighted by Crippen LogP contribution is 2.24. The van der Waals surface area contributed by atoms with E-state index >= 15 is 0 Å². The number of furan rings is 1. The minimum atomic E-state index is -0.337. The summed E-state index contributed by atoms with van der Waals surface area (Å²) in [6.45, 7) is 2.84. The second-order valence-electron chi connectivity index (χ2n) is 5.08. The molecule has 0 saturated heterocycles. The number of amides is 1. The molecular weight excluding hydrogens is 320 g/mol. The van der Waals surface area contributed by atoms with Gasteiger partial charge < -0.3 is 19.8 Å². The van der Waals surface area contributed by atoms with Crippen molar-refractivity contribution in [2.24, 2.45) is 0 Å². The molecule has 25 heavy (non-hydrogen) atoms. The summed E-state index contributed by atoms with van der Waals surface area (Å²) in [7, 11) is 0. The normalized spacial score (nSPS) is 10.3. The molecule has 3 rings (SSSR count). The fourth-order valence-corrected chi connectivity index (χ4v) is 2.19. The maximum absolute atomic E-state index is 12.5.